The summed E-state index contributed by atoms with van der Waals surface area (Å²) in [6, 6.07) is 0. The predicted molar refractivity (Wildman–Crippen MR) is 50.6 cm³/mol. The Morgan fingerprint density at radius 1 is 1.58 bits per heavy atom. The van der Waals surface area contributed by atoms with Crippen LogP contribution in [0.3, 0.4) is 0 Å². The van der Waals surface area contributed by atoms with Crippen molar-refractivity contribution in [2.75, 3.05) is 13.0 Å². The van der Waals surface area contributed by atoms with Gasteiger partial charge in [0.15, 0.2) is 0 Å². The van der Waals surface area contributed by atoms with Crippen LogP contribution in [-0.2, 0) is 9.53 Å². The summed E-state index contributed by atoms with van der Waals surface area (Å²) < 4.78 is 5.08. The lowest BCUT2D eigenvalue weighted by Crippen LogP contribution is -2.19. The quantitative estimate of drug-likeness (QED) is 0.604. The molecule has 3 heteroatoms. The van der Waals surface area contributed by atoms with Crippen molar-refractivity contribution in [3.63, 3.8) is 0 Å². The van der Waals surface area contributed by atoms with Crippen LogP contribution in [0.5, 0.6) is 0 Å². The van der Waals surface area contributed by atoms with Gasteiger partial charge in [-0.05, 0) is 26.7 Å². The molecule has 0 amide bonds. The van der Waals surface area contributed by atoms with E-state index >= 15 is 0 Å². The predicted octanol–water partition coefficient (Wildman–Crippen LogP) is 2.25. The molecule has 2 unspecified atom stereocenters. The van der Waals surface area contributed by atoms with E-state index in [1.807, 2.05) is 6.92 Å². The lowest BCUT2D eigenvalue weighted by atomic mass is 9.95. The van der Waals surface area contributed by atoms with Gasteiger partial charge >= 0.3 is 0 Å². The number of rotatable bonds is 6. The zero-order chi connectivity index (χ0) is 9.56. The summed E-state index contributed by atoms with van der Waals surface area (Å²) in [5.74, 6) is 0.817. The number of alkyl halides is 1. The van der Waals surface area contributed by atoms with E-state index < -0.39 is 0 Å². The Balaban J connectivity index is 3.86. The average Bonchev–Trinajstić information content (AvgIpc) is 2.03. The molecular formula is C9H17ClO2. The van der Waals surface area contributed by atoms with Gasteiger partial charge in [0.25, 0.3) is 0 Å². The highest BCUT2D eigenvalue weighted by atomic mass is 35.5. The largest absolute Gasteiger partial charge is 0.382 e. The van der Waals surface area contributed by atoms with Crippen molar-refractivity contribution in [3.8, 4) is 0 Å². The van der Waals surface area contributed by atoms with Gasteiger partial charge < -0.3 is 4.74 Å². The van der Waals surface area contributed by atoms with Crippen LogP contribution in [0.15, 0.2) is 0 Å². The lowest BCUT2D eigenvalue weighted by Gasteiger charge is -2.16. The monoisotopic (exact) mass is 192 g/mol. The maximum Gasteiger partial charge on any atom is 0.133 e. The molecule has 2 nitrogen and oxygen atoms in total. The van der Waals surface area contributed by atoms with Gasteiger partial charge in [0.2, 0.25) is 0 Å². The highest BCUT2D eigenvalue weighted by molar-refractivity contribution is 6.18. The molecular weight excluding hydrogens is 176 g/mol. The fourth-order valence-corrected chi connectivity index (χ4v) is 1.38. The molecule has 0 rings (SSSR count). The Morgan fingerprint density at radius 2 is 2.17 bits per heavy atom. The number of hydrogen-bond acceptors (Lipinski definition) is 2. The van der Waals surface area contributed by atoms with Crippen molar-refractivity contribution in [2.45, 2.75) is 32.8 Å². The van der Waals surface area contributed by atoms with E-state index in [9.17, 15) is 4.79 Å². The third kappa shape index (κ3) is 4.73. The maximum absolute atomic E-state index is 11.1. The molecule has 0 saturated carbocycles. The van der Waals surface area contributed by atoms with E-state index in [0.29, 0.717) is 5.88 Å². The summed E-state index contributed by atoms with van der Waals surface area (Å²) >= 11 is 5.57. The lowest BCUT2D eigenvalue weighted by molar-refractivity contribution is -0.121. The van der Waals surface area contributed by atoms with Crippen LogP contribution in [0.2, 0.25) is 0 Å². The van der Waals surface area contributed by atoms with Crippen LogP contribution in [-0.4, -0.2) is 24.9 Å². The number of ether oxygens (including phenoxy) is 1. The summed E-state index contributed by atoms with van der Waals surface area (Å²) in [6.07, 6.45) is 1.67. The highest BCUT2D eigenvalue weighted by Crippen LogP contribution is 2.14. The molecule has 12 heavy (non-hydrogen) atoms. The van der Waals surface area contributed by atoms with Gasteiger partial charge in [-0.25, -0.2) is 0 Å². The van der Waals surface area contributed by atoms with E-state index in [0.717, 1.165) is 12.8 Å². The molecule has 0 saturated heterocycles. The molecule has 0 N–H and O–H groups in total. The number of ketones is 1. The molecule has 0 spiro atoms. The highest BCUT2D eigenvalue weighted by Gasteiger charge is 2.16. The van der Waals surface area contributed by atoms with Crippen LogP contribution in [0, 0.1) is 5.92 Å². The van der Waals surface area contributed by atoms with Crippen molar-refractivity contribution in [1.82, 2.24) is 0 Å². The van der Waals surface area contributed by atoms with E-state index in [4.69, 9.17) is 16.3 Å². The molecule has 0 aliphatic carbocycles. The minimum absolute atomic E-state index is 0.0671. The Hall–Kier alpha value is -0.0800. The summed E-state index contributed by atoms with van der Waals surface area (Å²) in [5.41, 5.74) is 0. The third-order valence-corrected chi connectivity index (χ3v) is 2.27. The number of Topliss-reactive ketones (excluding diaryl/α,β-unsaturated/α-hetero) is 1. The fourth-order valence-electron chi connectivity index (χ4n) is 1.12. The SMILES string of the molecule is COC(C)CC(CCCl)C(C)=O. The molecule has 0 aliphatic rings. The zero-order valence-electron chi connectivity index (χ0n) is 7.97. The van der Waals surface area contributed by atoms with E-state index in [2.05, 4.69) is 0 Å². The van der Waals surface area contributed by atoms with Crippen molar-refractivity contribution in [2.24, 2.45) is 5.92 Å². The molecule has 0 aromatic rings. The molecule has 0 aliphatic heterocycles. The molecule has 0 heterocycles. The molecule has 0 aromatic heterocycles. The first-order valence-electron chi connectivity index (χ1n) is 4.21. The zero-order valence-corrected chi connectivity index (χ0v) is 8.73. The number of carbonyl (C=O) groups excluding carboxylic acids is 1. The number of hydrogen-bond donors (Lipinski definition) is 0. The normalized spacial score (nSPS) is 15.7. The Morgan fingerprint density at radius 3 is 2.50 bits per heavy atom. The van der Waals surface area contributed by atoms with Gasteiger partial charge in [-0.15, -0.1) is 11.6 Å². The molecule has 0 fully saturated rings. The topological polar surface area (TPSA) is 26.3 Å². The Kier molecular flexibility index (Phi) is 6.39. The van der Waals surface area contributed by atoms with Crippen molar-refractivity contribution >= 4 is 17.4 Å². The fraction of sp³-hybridized carbons (Fsp3) is 0.889. The molecule has 72 valence electrons. The number of halogens is 1. The van der Waals surface area contributed by atoms with Gasteiger partial charge in [-0.1, -0.05) is 0 Å². The minimum atomic E-state index is 0.0671. The smallest absolute Gasteiger partial charge is 0.133 e. The summed E-state index contributed by atoms with van der Waals surface area (Å²) in [5, 5.41) is 0. The summed E-state index contributed by atoms with van der Waals surface area (Å²) in [6.45, 7) is 3.57. The van der Waals surface area contributed by atoms with E-state index in [-0.39, 0.29) is 17.8 Å². The summed E-state index contributed by atoms with van der Waals surface area (Å²) in [4.78, 5) is 11.1. The van der Waals surface area contributed by atoms with Gasteiger partial charge in [0.05, 0.1) is 6.10 Å². The Bertz CT molecular complexity index is 136. The number of methoxy groups -OCH3 is 1. The van der Waals surface area contributed by atoms with E-state index in [1.165, 1.54) is 0 Å². The van der Waals surface area contributed by atoms with E-state index in [1.54, 1.807) is 14.0 Å². The van der Waals surface area contributed by atoms with Gasteiger partial charge in [0, 0.05) is 18.9 Å². The molecule has 0 aromatic carbocycles. The second-order valence-electron chi connectivity index (χ2n) is 3.07. The van der Waals surface area contributed by atoms with Crippen molar-refractivity contribution in [1.29, 1.82) is 0 Å². The van der Waals surface area contributed by atoms with Crippen LogP contribution in [0.4, 0.5) is 0 Å². The second kappa shape index (κ2) is 6.44. The second-order valence-corrected chi connectivity index (χ2v) is 3.45. The van der Waals surface area contributed by atoms with Crippen LogP contribution in [0.25, 0.3) is 0 Å². The molecule has 0 radical (unpaired) electrons. The molecule has 2 atom stereocenters. The van der Waals surface area contributed by atoms with Crippen LogP contribution in [0.1, 0.15) is 26.7 Å². The van der Waals surface area contributed by atoms with Crippen molar-refractivity contribution < 1.29 is 9.53 Å². The van der Waals surface area contributed by atoms with Crippen LogP contribution < -0.4 is 0 Å². The maximum atomic E-state index is 11.1. The Labute approximate surface area is 79.2 Å². The van der Waals surface area contributed by atoms with Gasteiger partial charge in [0.1, 0.15) is 5.78 Å². The first-order chi connectivity index (χ1) is 5.61. The molecule has 0 bridgehead atoms. The van der Waals surface area contributed by atoms with Gasteiger partial charge in [-0.3, -0.25) is 4.79 Å². The first-order valence-corrected chi connectivity index (χ1v) is 4.74. The average molecular weight is 193 g/mol. The first kappa shape index (κ1) is 11.9. The van der Waals surface area contributed by atoms with Crippen LogP contribution >= 0.6 is 11.6 Å². The van der Waals surface area contributed by atoms with Crippen molar-refractivity contribution in [3.05, 3.63) is 0 Å². The minimum Gasteiger partial charge on any atom is -0.382 e. The third-order valence-electron chi connectivity index (χ3n) is 2.05. The van der Waals surface area contributed by atoms with Gasteiger partial charge in [-0.2, -0.15) is 0 Å². The standard InChI is InChI=1S/C9H17ClO2/c1-7(12-3)6-9(4-5-10)8(2)11/h7,9H,4-6H2,1-3H3. The summed E-state index contributed by atoms with van der Waals surface area (Å²) in [7, 11) is 1.66. The number of carbonyl (C=O) groups is 1.